The molecular formula is C31H35N3O5. The van der Waals surface area contributed by atoms with Crippen LogP contribution in [0.3, 0.4) is 0 Å². The number of nitrogens with zero attached hydrogens (tertiary/aromatic N) is 1. The Kier molecular flexibility index (Phi) is 6.67. The van der Waals surface area contributed by atoms with E-state index in [1.54, 1.807) is 36.3 Å². The molecule has 8 heteroatoms. The number of amides is 3. The summed E-state index contributed by atoms with van der Waals surface area (Å²) in [5.74, 6) is -1.30. The Bertz CT molecular complexity index is 1300. The smallest absolute Gasteiger partial charge is 0.246 e. The molecule has 2 N–H and O–H groups in total. The van der Waals surface area contributed by atoms with Crippen LogP contribution < -0.4 is 15.4 Å². The predicted molar refractivity (Wildman–Crippen MR) is 146 cm³/mol. The highest BCUT2D eigenvalue weighted by Crippen LogP contribution is 2.55. The molecule has 204 valence electrons. The van der Waals surface area contributed by atoms with E-state index in [0.717, 1.165) is 24.8 Å². The standard InChI is InChI=1S/C31H35N3O5/c1-19-9-6-7-14-23(19)33-29(36)27-31-16-15-24(39-31)25(28(35)32-21-12-8-13-22(17-21)38-2)26(31)30(37)34(27)18-20-10-4-3-5-11-20/h3-5,8,10-13,15-17,19,23-27H,6-7,9,14,18H2,1-2H3,(H,32,35)(H,33,36)/t19-,23-,24-,25+,26-,27-,31-/m0/s1. The number of methoxy groups -OCH3 is 1. The molecule has 3 fully saturated rings. The van der Waals surface area contributed by atoms with Gasteiger partial charge in [-0.05, 0) is 36.5 Å². The molecule has 3 amide bonds. The van der Waals surface area contributed by atoms with Crippen molar-refractivity contribution in [2.75, 3.05) is 12.4 Å². The first-order valence-corrected chi connectivity index (χ1v) is 13.9. The lowest BCUT2D eigenvalue weighted by atomic mass is 9.74. The Morgan fingerprint density at radius 2 is 1.87 bits per heavy atom. The molecule has 39 heavy (non-hydrogen) atoms. The van der Waals surface area contributed by atoms with Crippen LogP contribution in [0.15, 0.2) is 66.7 Å². The lowest BCUT2D eigenvalue weighted by Crippen LogP contribution is -2.57. The molecule has 3 aliphatic heterocycles. The molecule has 0 radical (unpaired) electrons. The molecule has 2 aromatic rings. The minimum atomic E-state index is -1.19. The van der Waals surface area contributed by atoms with E-state index >= 15 is 0 Å². The number of benzene rings is 2. The number of fused-ring (bicyclic) bond motifs is 1. The number of ether oxygens (including phenoxy) is 2. The number of carbonyl (C=O) groups is 3. The first-order chi connectivity index (χ1) is 18.9. The SMILES string of the molecule is COc1cccc(NC(=O)[C@@H]2[C@@H]3C=C[C@]4(O3)[C@@H]2C(=O)N(Cc2ccccc2)[C@H]4C(=O)N[C@H]2CCCC[C@@H]2C)c1. The molecule has 6 rings (SSSR count). The average Bonchev–Trinajstić information content (AvgIpc) is 3.58. The summed E-state index contributed by atoms with van der Waals surface area (Å²) >= 11 is 0. The van der Waals surface area contributed by atoms with E-state index in [9.17, 15) is 14.4 Å². The molecule has 2 bridgehead atoms. The second-order valence-corrected chi connectivity index (χ2v) is 11.3. The average molecular weight is 530 g/mol. The monoisotopic (exact) mass is 529 g/mol. The van der Waals surface area contributed by atoms with Crippen molar-refractivity contribution in [2.24, 2.45) is 17.8 Å². The maximum atomic E-state index is 14.1. The summed E-state index contributed by atoms with van der Waals surface area (Å²) in [6.07, 6.45) is 7.36. The van der Waals surface area contributed by atoms with Gasteiger partial charge in [0.05, 0.1) is 25.0 Å². The first-order valence-electron chi connectivity index (χ1n) is 13.9. The summed E-state index contributed by atoms with van der Waals surface area (Å²) in [4.78, 5) is 43.5. The number of carbonyl (C=O) groups excluding carboxylic acids is 3. The fraction of sp³-hybridized carbons (Fsp3) is 0.452. The fourth-order valence-corrected chi connectivity index (χ4v) is 6.94. The van der Waals surface area contributed by atoms with E-state index in [0.29, 0.717) is 17.4 Å². The van der Waals surface area contributed by atoms with E-state index < -0.39 is 29.6 Å². The summed E-state index contributed by atoms with van der Waals surface area (Å²) in [5.41, 5.74) is 0.309. The third-order valence-electron chi connectivity index (χ3n) is 8.90. The van der Waals surface area contributed by atoms with Crippen LogP contribution >= 0.6 is 0 Å². The highest BCUT2D eigenvalue weighted by Gasteiger charge is 2.72. The molecule has 8 nitrogen and oxygen atoms in total. The van der Waals surface area contributed by atoms with Gasteiger partial charge in [0.2, 0.25) is 17.7 Å². The van der Waals surface area contributed by atoms with Crippen molar-refractivity contribution in [1.82, 2.24) is 10.2 Å². The van der Waals surface area contributed by atoms with E-state index in [-0.39, 0.29) is 30.3 Å². The maximum Gasteiger partial charge on any atom is 0.246 e. The quantitative estimate of drug-likeness (QED) is 0.534. The summed E-state index contributed by atoms with van der Waals surface area (Å²) in [6, 6.07) is 15.9. The van der Waals surface area contributed by atoms with Crippen molar-refractivity contribution in [3.05, 3.63) is 72.3 Å². The van der Waals surface area contributed by atoms with Crippen molar-refractivity contribution >= 4 is 23.4 Å². The molecule has 1 saturated carbocycles. The van der Waals surface area contributed by atoms with Crippen molar-refractivity contribution in [3.63, 3.8) is 0 Å². The van der Waals surface area contributed by atoms with Gasteiger partial charge in [0.25, 0.3) is 0 Å². The van der Waals surface area contributed by atoms with Gasteiger partial charge in [-0.3, -0.25) is 14.4 Å². The molecule has 4 aliphatic rings. The molecular weight excluding hydrogens is 494 g/mol. The summed E-state index contributed by atoms with van der Waals surface area (Å²) < 4.78 is 11.8. The van der Waals surface area contributed by atoms with Gasteiger partial charge >= 0.3 is 0 Å². The molecule has 3 heterocycles. The maximum absolute atomic E-state index is 14.1. The number of nitrogens with one attached hydrogen (secondary N) is 2. The zero-order valence-corrected chi connectivity index (χ0v) is 22.3. The Balaban J connectivity index is 1.32. The second-order valence-electron chi connectivity index (χ2n) is 11.3. The van der Waals surface area contributed by atoms with Gasteiger partial charge in [-0.15, -0.1) is 0 Å². The minimum absolute atomic E-state index is 0.0603. The van der Waals surface area contributed by atoms with Crippen molar-refractivity contribution in [1.29, 1.82) is 0 Å². The Morgan fingerprint density at radius 3 is 2.64 bits per heavy atom. The summed E-state index contributed by atoms with van der Waals surface area (Å²) in [6.45, 7) is 2.44. The number of hydrogen-bond donors (Lipinski definition) is 2. The van der Waals surface area contributed by atoms with Crippen LogP contribution in [-0.2, 0) is 25.7 Å². The second kappa shape index (κ2) is 10.2. The highest BCUT2D eigenvalue weighted by molar-refractivity contribution is 6.02. The van der Waals surface area contributed by atoms with E-state index in [1.807, 2.05) is 42.5 Å². The van der Waals surface area contributed by atoms with Crippen LogP contribution in [0.1, 0.15) is 38.2 Å². The molecule has 1 spiro atoms. The number of hydrogen-bond acceptors (Lipinski definition) is 5. The van der Waals surface area contributed by atoms with Gasteiger partial charge < -0.3 is 25.0 Å². The molecule has 0 unspecified atom stereocenters. The number of rotatable bonds is 7. The molecule has 0 aromatic heterocycles. The largest absolute Gasteiger partial charge is 0.497 e. The molecule has 7 atom stereocenters. The van der Waals surface area contributed by atoms with Crippen molar-refractivity contribution in [2.45, 2.75) is 62.9 Å². The van der Waals surface area contributed by atoms with Crippen LogP contribution in [0.2, 0.25) is 0 Å². The fourth-order valence-electron chi connectivity index (χ4n) is 6.94. The van der Waals surface area contributed by atoms with Gasteiger partial charge in [0.15, 0.2) is 0 Å². The van der Waals surface area contributed by atoms with E-state index in [2.05, 4.69) is 17.6 Å². The zero-order valence-electron chi connectivity index (χ0n) is 22.3. The summed E-state index contributed by atoms with van der Waals surface area (Å²) in [5, 5.41) is 6.22. The molecule has 2 aromatic carbocycles. The van der Waals surface area contributed by atoms with Crippen LogP contribution in [0.4, 0.5) is 5.69 Å². The Hall–Kier alpha value is -3.65. The Morgan fingerprint density at radius 1 is 1.08 bits per heavy atom. The number of likely N-dealkylation sites (tertiary alicyclic amines) is 1. The van der Waals surface area contributed by atoms with Crippen molar-refractivity contribution in [3.8, 4) is 5.75 Å². The van der Waals surface area contributed by atoms with Crippen molar-refractivity contribution < 1.29 is 23.9 Å². The van der Waals surface area contributed by atoms with Crippen LogP contribution in [-0.4, -0.2) is 53.5 Å². The third-order valence-corrected chi connectivity index (χ3v) is 8.90. The minimum Gasteiger partial charge on any atom is -0.497 e. The van der Waals surface area contributed by atoms with Crippen LogP contribution in [0.25, 0.3) is 0 Å². The normalized spacial score (nSPS) is 32.7. The zero-order chi connectivity index (χ0) is 27.1. The van der Waals surface area contributed by atoms with Crippen LogP contribution in [0.5, 0.6) is 5.75 Å². The Labute approximate surface area is 228 Å². The lowest BCUT2D eigenvalue weighted by molar-refractivity contribution is -0.142. The number of anilines is 1. The molecule has 2 saturated heterocycles. The van der Waals surface area contributed by atoms with E-state index in [1.165, 1.54) is 6.42 Å². The third kappa shape index (κ3) is 4.40. The predicted octanol–water partition coefficient (Wildman–Crippen LogP) is 3.68. The molecule has 1 aliphatic carbocycles. The summed E-state index contributed by atoms with van der Waals surface area (Å²) in [7, 11) is 1.57. The van der Waals surface area contributed by atoms with Gasteiger partial charge in [0, 0.05) is 24.3 Å². The first kappa shape index (κ1) is 25.6. The highest BCUT2D eigenvalue weighted by atomic mass is 16.5. The lowest BCUT2D eigenvalue weighted by Gasteiger charge is -2.36. The van der Waals surface area contributed by atoms with Gasteiger partial charge in [-0.25, -0.2) is 0 Å². The topological polar surface area (TPSA) is 97.0 Å². The van der Waals surface area contributed by atoms with Crippen LogP contribution in [0, 0.1) is 17.8 Å². The van der Waals surface area contributed by atoms with Gasteiger partial charge in [-0.2, -0.15) is 0 Å². The van der Waals surface area contributed by atoms with E-state index in [4.69, 9.17) is 9.47 Å². The van der Waals surface area contributed by atoms with Gasteiger partial charge in [-0.1, -0.05) is 68.3 Å². The van der Waals surface area contributed by atoms with Gasteiger partial charge in [0.1, 0.15) is 17.4 Å².